The fourth-order valence-electron chi connectivity index (χ4n) is 2.11. The molecule has 1 aromatic carbocycles. The molecule has 1 saturated heterocycles. The maximum Gasteiger partial charge on any atom is 0.240 e. The molecular weight excluding hydrogens is 264 g/mol. The van der Waals surface area contributed by atoms with E-state index in [0.29, 0.717) is 11.7 Å². The van der Waals surface area contributed by atoms with Crippen LogP contribution in [0.1, 0.15) is 13.3 Å². The molecule has 0 bridgehead atoms. The van der Waals surface area contributed by atoms with E-state index in [-0.39, 0.29) is 11.0 Å². The van der Waals surface area contributed by atoms with Crippen LogP contribution >= 0.6 is 0 Å². The predicted molar refractivity (Wildman–Crippen MR) is 73.8 cm³/mol. The van der Waals surface area contributed by atoms with Crippen LogP contribution in [0.5, 0.6) is 5.75 Å². The van der Waals surface area contributed by atoms with Crippen molar-refractivity contribution in [3.8, 4) is 5.75 Å². The molecule has 1 aromatic rings. The Bertz CT molecular complexity index is 513. The molecule has 2 unspecified atom stereocenters. The number of nitrogens with one attached hydrogen (secondary N) is 2. The van der Waals surface area contributed by atoms with Gasteiger partial charge in [0, 0.05) is 6.54 Å². The monoisotopic (exact) mass is 284 g/mol. The van der Waals surface area contributed by atoms with Gasteiger partial charge >= 0.3 is 0 Å². The third kappa shape index (κ3) is 3.46. The number of benzene rings is 1. The summed E-state index contributed by atoms with van der Waals surface area (Å²) in [5, 5.41) is 3.30. The third-order valence-electron chi connectivity index (χ3n) is 3.45. The first-order valence-corrected chi connectivity index (χ1v) is 7.92. The van der Waals surface area contributed by atoms with Crippen LogP contribution in [0, 0.1) is 5.92 Å². The van der Waals surface area contributed by atoms with Crippen molar-refractivity contribution in [2.75, 3.05) is 20.1 Å². The summed E-state index contributed by atoms with van der Waals surface area (Å²) < 4.78 is 31.4. The fraction of sp³-hybridized carbons (Fsp3) is 0.538. The lowest BCUT2D eigenvalue weighted by Gasteiger charge is -2.30. The molecule has 1 aliphatic heterocycles. The van der Waals surface area contributed by atoms with Crippen molar-refractivity contribution in [3.63, 3.8) is 0 Å². The van der Waals surface area contributed by atoms with E-state index in [1.165, 1.54) is 7.05 Å². The van der Waals surface area contributed by atoms with Crippen LogP contribution in [0.25, 0.3) is 0 Å². The lowest BCUT2D eigenvalue weighted by molar-refractivity contribution is 0.115. The quantitative estimate of drug-likeness (QED) is 0.864. The molecule has 106 valence electrons. The summed E-state index contributed by atoms with van der Waals surface area (Å²) in [6.45, 7) is 4.03. The van der Waals surface area contributed by atoms with Crippen LogP contribution in [-0.2, 0) is 10.0 Å². The lowest BCUT2D eigenvalue weighted by Crippen LogP contribution is -2.42. The van der Waals surface area contributed by atoms with Crippen molar-refractivity contribution >= 4 is 10.0 Å². The van der Waals surface area contributed by atoms with Gasteiger partial charge in [0.2, 0.25) is 10.0 Å². The van der Waals surface area contributed by atoms with Crippen LogP contribution in [0.3, 0.4) is 0 Å². The molecular formula is C13H20N2O3S. The largest absolute Gasteiger partial charge is 0.489 e. The minimum absolute atomic E-state index is 0.139. The molecule has 0 radical (unpaired) electrons. The average molecular weight is 284 g/mol. The Hall–Kier alpha value is -1.11. The molecule has 0 aromatic heterocycles. The summed E-state index contributed by atoms with van der Waals surface area (Å²) in [5.41, 5.74) is 0. The predicted octanol–water partition coefficient (Wildman–Crippen LogP) is 0.971. The first-order valence-electron chi connectivity index (χ1n) is 6.44. The van der Waals surface area contributed by atoms with E-state index >= 15 is 0 Å². The summed E-state index contributed by atoms with van der Waals surface area (Å²) >= 11 is 0. The number of sulfonamides is 1. The van der Waals surface area contributed by atoms with Crippen molar-refractivity contribution in [2.24, 2.45) is 5.92 Å². The van der Waals surface area contributed by atoms with E-state index in [4.69, 9.17) is 4.74 Å². The van der Waals surface area contributed by atoms with E-state index in [2.05, 4.69) is 17.0 Å². The van der Waals surface area contributed by atoms with Gasteiger partial charge in [-0.05, 0) is 50.2 Å². The Morgan fingerprint density at radius 3 is 2.58 bits per heavy atom. The first-order chi connectivity index (χ1) is 9.03. The molecule has 5 nitrogen and oxygen atoms in total. The SMILES string of the molecule is CNS(=O)(=O)c1ccc(OC2CNCCC2C)cc1. The van der Waals surface area contributed by atoms with Crippen molar-refractivity contribution in [1.82, 2.24) is 10.0 Å². The zero-order valence-corrected chi connectivity index (χ0v) is 12.0. The molecule has 0 amide bonds. The van der Waals surface area contributed by atoms with E-state index in [9.17, 15) is 8.42 Å². The minimum Gasteiger partial charge on any atom is -0.489 e. The molecule has 0 aliphatic carbocycles. The van der Waals surface area contributed by atoms with Crippen LogP contribution in [0.2, 0.25) is 0 Å². The van der Waals surface area contributed by atoms with Gasteiger partial charge in [0.15, 0.2) is 0 Å². The van der Waals surface area contributed by atoms with Crippen molar-refractivity contribution < 1.29 is 13.2 Å². The maximum atomic E-state index is 11.6. The highest BCUT2D eigenvalue weighted by Crippen LogP contribution is 2.21. The molecule has 2 rings (SSSR count). The van der Waals surface area contributed by atoms with Gasteiger partial charge in [-0.15, -0.1) is 0 Å². The average Bonchev–Trinajstić information content (AvgIpc) is 2.42. The normalized spacial score (nSPS) is 24.1. The molecule has 0 spiro atoms. The van der Waals surface area contributed by atoms with Gasteiger partial charge in [-0.3, -0.25) is 0 Å². The third-order valence-corrected chi connectivity index (χ3v) is 4.88. The zero-order chi connectivity index (χ0) is 13.9. The number of hydrogen-bond acceptors (Lipinski definition) is 4. The number of piperidine rings is 1. The van der Waals surface area contributed by atoms with Gasteiger partial charge in [-0.2, -0.15) is 0 Å². The van der Waals surface area contributed by atoms with Crippen LogP contribution in [0.15, 0.2) is 29.2 Å². The summed E-state index contributed by atoms with van der Waals surface area (Å²) in [4.78, 5) is 0.247. The van der Waals surface area contributed by atoms with Crippen molar-refractivity contribution in [1.29, 1.82) is 0 Å². The molecule has 0 saturated carbocycles. The Labute approximate surface area is 114 Å². The molecule has 1 aliphatic rings. The Balaban J connectivity index is 2.06. The van der Waals surface area contributed by atoms with E-state index in [1.807, 2.05) is 0 Å². The molecule has 1 fully saturated rings. The summed E-state index contributed by atoms with van der Waals surface area (Å²) in [5.74, 6) is 1.21. The topological polar surface area (TPSA) is 67.4 Å². The summed E-state index contributed by atoms with van der Waals surface area (Å²) in [7, 11) is -1.98. The van der Waals surface area contributed by atoms with Crippen LogP contribution in [-0.4, -0.2) is 34.7 Å². The van der Waals surface area contributed by atoms with Gasteiger partial charge in [-0.25, -0.2) is 13.1 Å². The van der Waals surface area contributed by atoms with Gasteiger partial charge in [0.05, 0.1) is 4.90 Å². The Kier molecular flexibility index (Phi) is 4.44. The zero-order valence-electron chi connectivity index (χ0n) is 11.2. The van der Waals surface area contributed by atoms with Gasteiger partial charge in [0.25, 0.3) is 0 Å². The highest BCUT2D eigenvalue weighted by molar-refractivity contribution is 7.89. The number of rotatable bonds is 4. The van der Waals surface area contributed by atoms with Gasteiger partial charge < -0.3 is 10.1 Å². The van der Waals surface area contributed by atoms with E-state index in [0.717, 1.165) is 19.5 Å². The standard InChI is InChI=1S/C13H20N2O3S/c1-10-7-8-15-9-13(10)18-11-3-5-12(6-4-11)19(16,17)14-2/h3-6,10,13-15H,7-9H2,1-2H3. The maximum absolute atomic E-state index is 11.6. The minimum atomic E-state index is -3.38. The smallest absolute Gasteiger partial charge is 0.240 e. The second-order valence-electron chi connectivity index (χ2n) is 4.81. The molecule has 19 heavy (non-hydrogen) atoms. The van der Waals surface area contributed by atoms with Crippen LogP contribution < -0.4 is 14.8 Å². The van der Waals surface area contributed by atoms with Crippen molar-refractivity contribution in [2.45, 2.75) is 24.3 Å². The Morgan fingerprint density at radius 2 is 2.00 bits per heavy atom. The summed E-state index contributed by atoms with van der Waals surface area (Å²) in [6.07, 6.45) is 1.23. The lowest BCUT2D eigenvalue weighted by atomic mass is 9.97. The molecule has 6 heteroatoms. The van der Waals surface area contributed by atoms with Gasteiger partial charge in [-0.1, -0.05) is 6.92 Å². The second-order valence-corrected chi connectivity index (χ2v) is 6.69. The second kappa shape index (κ2) is 5.90. The Morgan fingerprint density at radius 1 is 1.32 bits per heavy atom. The summed E-state index contributed by atoms with van der Waals surface area (Å²) in [6, 6.07) is 6.52. The highest BCUT2D eigenvalue weighted by Gasteiger charge is 2.22. The van der Waals surface area contributed by atoms with Crippen molar-refractivity contribution in [3.05, 3.63) is 24.3 Å². The molecule has 1 heterocycles. The molecule has 2 N–H and O–H groups in total. The molecule has 2 atom stereocenters. The first kappa shape index (κ1) is 14.3. The number of ether oxygens (including phenoxy) is 1. The van der Waals surface area contributed by atoms with E-state index in [1.54, 1.807) is 24.3 Å². The fourth-order valence-corrected chi connectivity index (χ4v) is 2.84. The number of hydrogen-bond donors (Lipinski definition) is 2. The van der Waals surface area contributed by atoms with Gasteiger partial charge in [0.1, 0.15) is 11.9 Å². The van der Waals surface area contributed by atoms with Crippen LogP contribution in [0.4, 0.5) is 0 Å². The van der Waals surface area contributed by atoms with E-state index < -0.39 is 10.0 Å². The highest BCUT2D eigenvalue weighted by atomic mass is 32.2.